The minimum Gasteiger partial charge on any atom is -0.383 e. The van der Waals surface area contributed by atoms with Crippen molar-refractivity contribution in [3.8, 4) is 0 Å². The number of anilines is 1. The topological polar surface area (TPSA) is 57.2 Å². The monoisotopic (exact) mass is 231 g/mol. The fraction of sp³-hybridized carbons (Fsp3) is 0.385. The van der Waals surface area contributed by atoms with Gasteiger partial charge in [-0.15, -0.1) is 0 Å². The molecule has 1 heterocycles. The van der Waals surface area contributed by atoms with Gasteiger partial charge in [0.15, 0.2) is 0 Å². The number of aromatic amines is 1. The Morgan fingerprint density at radius 2 is 2.29 bits per heavy atom. The summed E-state index contributed by atoms with van der Waals surface area (Å²) in [5, 5.41) is 7.28. The molecule has 4 nitrogen and oxygen atoms in total. The Hall–Kier alpha value is -1.84. The highest BCUT2D eigenvalue weighted by Crippen LogP contribution is 2.23. The van der Waals surface area contributed by atoms with E-state index in [1.165, 1.54) is 10.9 Å². The number of aryl methyl sites for hydroxylation is 1. The molecule has 0 fully saturated rings. The standard InChI is InChI=1S/C13H17N3O/c1-2-3-10-9-15-13-5-4-11(8-12(10)13)14-6-7-16-17/h4-5,8-9,14-15H,2-3,6-7H2,1H3. The number of nitroso groups, excluding NO2 is 1. The molecule has 0 saturated heterocycles. The van der Waals surface area contributed by atoms with E-state index in [1.54, 1.807) is 0 Å². The molecule has 1 aromatic carbocycles. The number of rotatable bonds is 6. The van der Waals surface area contributed by atoms with Crippen LogP contribution >= 0.6 is 0 Å². The third kappa shape index (κ3) is 2.64. The van der Waals surface area contributed by atoms with E-state index in [0.29, 0.717) is 13.1 Å². The highest BCUT2D eigenvalue weighted by Gasteiger charge is 2.03. The summed E-state index contributed by atoms with van der Waals surface area (Å²) in [7, 11) is 0. The zero-order chi connectivity index (χ0) is 12.1. The highest BCUT2D eigenvalue weighted by molar-refractivity contribution is 5.86. The minimum absolute atomic E-state index is 0.299. The lowest BCUT2D eigenvalue weighted by atomic mass is 10.1. The van der Waals surface area contributed by atoms with Gasteiger partial charge < -0.3 is 10.3 Å². The van der Waals surface area contributed by atoms with Gasteiger partial charge in [0.1, 0.15) is 0 Å². The fourth-order valence-corrected chi connectivity index (χ4v) is 2.01. The van der Waals surface area contributed by atoms with Crippen molar-refractivity contribution in [2.24, 2.45) is 5.18 Å². The van der Waals surface area contributed by atoms with Gasteiger partial charge in [-0.25, -0.2) is 0 Å². The zero-order valence-electron chi connectivity index (χ0n) is 9.99. The van der Waals surface area contributed by atoms with E-state index in [9.17, 15) is 4.91 Å². The molecule has 2 N–H and O–H groups in total. The Bertz CT molecular complexity index is 504. The van der Waals surface area contributed by atoms with Crippen molar-refractivity contribution >= 4 is 16.6 Å². The Morgan fingerprint density at radius 1 is 1.41 bits per heavy atom. The molecule has 0 bridgehead atoms. The zero-order valence-corrected chi connectivity index (χ0v) is 9.99. The van der Waals surface area contributed by atoms with E-state index in [2.05, 4.69) is 40.7 Å². The Labute approximate surface area is 100 Å². The second kappa shape index (κ2) is 5.48. The maximum atomic E-state index is 10.0. The average molecular weight is 231 g/mol. The summed E-state index contributed by atoms with van der Waals surface area (Å²) in [4.78, 5) is 13.3. The number of nitrogens with zero attached hydrogens (tertiary/aromatic N) is 1. The maximum Gasteiger partial charge on any atom is 0.0983 e. The van der Waals surface area contributed by atoms with Gasteiger partial charge in [0.05, 0.1) is 6.54 Å². The predicted octanol–water partition coefficient (Wildman–Crippen LogP) is 3.30. The number of aromatic nitrogens is 1. The quantitative estimate of drug-likeness (QED) is 0.592. The smallest absolute Gasteiger partial charge is 0.0983 e. The lowest BCUT2D eigenvalue weighted by Gasteiger charge is -2.04. The van der Waals surface area contributed by atoms with Crippen LogP contribution < -0.4 is 5.32 Å². The summed E-state index contributed by atoms with van der Waals surface area (Å²) in [6, 6.07) is 6.20. The van der Waals surface area contributed by atoms with E-state index in [4.69, 9.17) is 0 Å². The van der Waals surface area contributed by atoms with Crippen LogP contribution in [0.4, 0.5) is 5.69 Å². The molecule has 90 valence electrons. The SMILES string of the molecule is CCCc1c[nH]c2ccc(NCCN=O)cc12. The van der Waals surface area contributed by atoms with Crippen LogP contribution in [0.15, 0.2) is 29.6 Å². The molecule has 0 radical (unpaired) electrons. The van der Waals surface area contributed by atoms with Crippen LogP contribution in [-0.2, 0) is 6.42 Å². The van der Waals surface area contributed by atoms with Crippen LogP contribution in [0, 0.1) is 4.91 Å². The third-order valence-electron chi connectivity index (χ3n) is 2.82. The van der Waals surface area contributed by atoms with Crippen LogP contribution in [0.1, 0.15) is 18.9 Å². The van der Waals surface area contributed by atoms with Gasteiger partial charge in [0.25, 0.3) is 0 Å². The fourth-order valence-electron chi connectivity index (χ4n) is 2.01. The second-order valence-corrected chi connectivity index (χ2v) is 4.10. The molecule has 0 amide bonds. The summed E-state index contributed by atoms with van der Waals surface area (Å²) in [5.74, 6) is 0. The molecule has 17 heavy (non-hydrogen) atoms. The van der Waals surface area contributed by atoms with Crippen molar-refractivity contribution in [2.45, 2.75) is 19.8 Å². The number of fused-ring (bicyclic) bond motifs is 1. The van der Waals surface area contributed by atoms with E-state index >= 15 is 0 Å². The number of H-pyrrole nitrogens is 1. The summed E-state index contributed by atoms with van der Waals surface area (Å²) in [6.07, 6.45) is 4.30. The lowest BCUT2D eigenvalue weighted by Crippen LogP contribution is -2.03. The van der Waals surface area contributed by atoms with Crippen molar-refractivity contribution in [1.29, 1.82) is 0 Å². The van der Waals surface area contributed by atoms with Gasteiger partial charge >= 0.3 is 0 Å². The van der Waals surface area contributed by atoms with Crippen LogP contribution in [0.5, 0.6) is 0 Å². The van der Waals surface area contributed by atoms with Crippen molar-refractivity contribution < 1.29 is 0 Å². The second-order valence-electron chi connectivity index (χ2n) is 4.10. The van der Waals surface area contributed by atoms with Crippen LogP contribution in [0.2, 0.25) is 0 Å². The van der Waals surface area contributed by atoms with Crippen molar-refractivity contribution in [2.75, 3.05) is 18.4 Å². The van der Waals surface area contributed by atoms with Gasteiger partial charge in [-0.05, 0) is 30.2 Å². The predicted molar refractivity (Wildman–Crippen MR) is 71.4 cm³/mol. The van der Waals surface area contributed by atoms with Gasteiger partial charge in [-0.1, -0.05) is 18.5 Å². The van der Waals surface area contributed by atoms with Gasteiger partial charge in [0, 0.05) is 29.3 Å². The normalized spacial score (nSPS) is 10.6. The molecular weight excluding hydrogens is 214 g/mol. The first kappa shape index (κ1) is 11.6. The lowest BCUT2D eigenvalue weighted by molar-refractivity contribution is 0.929. The van der Waals surface area contributed by atoms with Gasteiger partial charge in [0.2, 0.25) is 0 Å². The number of benzene rings is 1. The number of nitrogens with one attached hydrogen (secondary N) is 2. The van der Waals surface area contributed by atoms with Crippen molar-refractivity contribution in [3.63, 3.8) is 0 Å². The van der Waals surface area contributed by atoms with Crippen LogP contribution in [0.25, 0.3) is 10.9 Å². The molecule has 0 aliphatic carbocycles. The van der Waals surface area contributed by atoms with Crippen molar-refractivity contribution in [1.82, 2.24) is 4.98 Å². The molecule has 0 unspecified atom stereocenters. The average Bonchev–Trinajstić information content (AvgIpc) is 2.73. The Kier molecular flexibility index (Phi) is 3.75. The molecule has 2 aromatic rings. The number of hydrogen-bond acceptors (Lipinski definition) is 3. The Balaban J connectivity index is 2.21. The van der Waals surface area contributed by atoms with Crippen LogP contribution in [0.3, 0.4) is 0 Å². The van der Waals surface area contributed by atoms with Gasteiger partial charge in [-0.2, -0.15) is 4.91 Å². The summed E-state index contributed by atoms with van der Waals surface area (Å²) in [5.41, 5.74) is 3.55. The van der Waals surface area contributed by atoms with Crippen LogP contribution in [-0.4, -0.2) is 18.1 Å². The van der Waals surface area contributed by atoms with E-state index in [-0.39, 0.29) is 0 Å². The molecule has 0 spiro atoms. The van der Waals surface area contributed by atoms with E-state index in [1.807, 2.05) is 6.07 Å². The molecule has 0 atom stereocenters. The summed E-state index contributed by atoms with van der Waals surface area (Å²) >= 11 is 0. The van der Waals surface area contributed by atoms with Gasteiger partial charge in [-0.3, -0.25) is 0 Å². The van der Waals surface area contributed by atoms with Crippen molar-refractivity contribution in [3.05, 3.63) is 34.9 Å². The largest absolute Gasteiger partial charge is 0.383 e. The third-order valence-corrected chi connectivity index (χ3v) is 2.82. The molecule has 4 heteroatoms. The minimum atomic E-state index is 0.299. The summed E-state index contributed by atoms with van der Waals surface area (Å²) in [6.45, 7) is 3.06. The van der Waals surface area contributed by atoms with E-state index < -0.39 is 0 Å². The molecule has 0 saturated carbocycles. The van der Waals surface area contributed by atoms with E-state index in [0.717, 1.165) is 24.0 Å². The number of hydrogen-bond donors (Lipinski definition) is 2. The summed E-state index contributed by atoms with van der Waals surface area (Å²) < 4.78 is 0. The molecular formula is C13H17N3O. The first-order valence-electron chi connectivity index (χ1n) is 5.98. The molecule has 2 rings (SSSR count). The first-order chi connectivity index (χ1) is 8.35. The molecule has 0 aliphatic rings. The first-order valence-corrected chi connectivity index (χ1v) is 5.98. The maximum absolute atomic E-state index is 10.0. The highest BCUT2D eigenvalue weighted by atomic mass is 16.3. The Morgan fingerprint density at radius 3 is 3.06 bits per heavy atom. The molecule has 0 aliphatic heterocycles. The molecule has 1 aromatic heterocycles.